The molecule has 1 saturated heterocycles. The minimum Gasteiger partial charge on any atom is -0.394 e. The molecule has 0 bridgehead atoms. The number of nitrogens with two attached hydrogens (primary N) is 1. The molecular formula is C11H14N4O5. The number of rotatable bonds is 2. The predicted molar refractivity (Wildman–Crippen MR) is 67.8 cm³/mol. The summed E-state index contributed by atoms with van der Waals surface area (Å²) >= 11 is 0. The molecule has 6 N–H and O–H groups in total. The van der Waals surface area contributed by atoms with Crippen LogP contribution in [0.25, 0.3) is 11.0 Å². The van der Waals surface area contributed by atoms with Crippen LogP contribution >= 0.6 is 0 Å². The average molecular weight is 282 g/mol. The summed E-state index contributed by atoms with van der Waals surface area (Å²) in [6.45, 7) is -0.427. The van der Waals surface area contributed by atoms with Gasteiger partial charge in [0.05, 0.1) is 12.0 Å². The zero-order chi connectivity index (χ0) is 14.4. The van der Waals surface area contributed by atoms with Crippen LogP contribution in [-0.2, 0) is 4.74 Å². The highest BCUT2D eigenvalue weighted by atomic mass is 16.6. The maximum atomic E-state index is 11.7. The van der Waals surface area contributed by atoms with Gasteiger partial charge in [-0.3, -0.25) is 9.78 Å². The summed E-state index contributed by atoms with van der Waals surface area (Å²) in [6, 6.07) is 1.51. The molecule has 1 fully saturated rings. The van der Waals surface area contributed by atoms with Crippen LogP contribution in [0.2, 0.25) is 0 Å². The van der Waals surface area contributed by atoms with Crippen molar-refractivity contribution in [3.8, 4) is 0 Å². The largest absolute Gasteiger partial charge is 0.394 e. The molecule has 1 aliphatic heterocycles. The fraction of sp³-hybridized carbons (Fsp3) is 0.455. The zero-order valence-electron chi connectivity index (χ0n) is 10.3. The molecule has 3 heterocycles. The molecule has 0 aromatic carbocycles. The number of hydrogen-bond acceptors (Lipinski definition) is 7. The number of anilines is 1. The fourth-order valence-corrected chi connectivity index (χ4v) is 2.38. The second-order valence-corrected chi connectivity index (χ2v) is 4.64. The zero-order valence-corrected chi connectivity index (χ0v) is 10.3. The quantitative estimate of drug-likeness (QED) is 0.424. The van der Waals surface area contributed by atoms with E-state index < -0.39 is 36.7 Å². The van der Waals surface area contributed by atoms with E-state index in [1.165, 1.54) is 16.8 Å². The van der Waals surface area contributed by atoms with E-state index in [2.05, 4.69) is 9.97 Å². The van der Waals surface area contributed by atoms with E-state index in [9.17, 15) is 15.0 Å². The minimum absolute atomic E-state index is 0.0609. The third kappa shape index (κ3) is 1.79. The molecule has 2 aromatic heterocycles. The Bertz CT molecular complexity index is 696. The van der Waals surface area contributed by atoms with Crippen LogP contribution in [0.15, 0.2) is 17.1 Å². The molecule has 9 nitrogen and oxygen atoms in total. The molecule has 3 rings (SSSR count). The molecule has 20 heavy (non-hydrogen) atoms. The fourth-order valence-electron chi connectivity index (χ4n) is 2.38. The Labute approximate surface area is 112 Å². The van der Waals surface area contributed by atoms with Crippen LogP contribution in [0.5, 0.6) is 0 Å². The van der Waals surface area contributed by atoms with Crippen molar-refractivity contribution in [3.05, 3.63) is 22.6 Å². The molecule has 1 unspecified atom stereocenters. The highest BCUT2D eigenvalue weighted by molar-refractivity contribution is 5.76. The molecule has 0 amide bonds. The second kappa shape index (κ2) is 4.56. The molecule has 0 saturated carbocycles. The van der Waals surface area contributed by atoms with Crippen LogP contribution in [0.3, 0.4) is 0 Å². The molecule has 0 spiro atoms. The van der Waals surface area contributed by atoms with Crippen molar-refractivity contribution in [1.29, 1.82) is 0 Å². The Morgan fingerprint density at radius 1 is 1.45 bits per heavy atom. The molecule has 4 atom stereocenters. The first-order valence-corrected chi connectivity index (χ1v) is 6.01. The van der Waals surface area contributed by atoms with Gasteiger partial charge in [0.1, 0.15) is 18.3 Å². The van der Waals surface area contributed by atoms with Crippen molar-refractivity contribution in [1.82, 2.24) is 14.5 Å². The lowest BCUT2D eigenvalue weighted by Gasteiger charge is -2.17. The summed E-state index contributed by atoms with van der Waals surface area (Å²) in [5.41, 5.74) is 5.33. The number of H-pyrrole nitrogens is 1. The average Bonchev–Trinajstić information content (AvgIpc) is 2.93. The minimum atomic E-state index is -1.25. The van der Waals surface area contributed by atoms with E-state index in [4.69, 9.17) is 15.6 Å². The van der Waals surface area contributed by atoms with Crippen LogP contribution in [0, 0.1) is 0 Å². The molecule has 108 valence electrons. The summed E-state index contributed by atoms with van der Waals surface area (Å²) in [5, 5.41) is 29.1. The lowest BCUT2D eigenvalue weighted by molar-refractivity contribution is -0.0508. The van der Waals surface area contributed by atoms with Crippen molar-refractivity contribution < 1.29 is 20.1 Å². The van der Waals surface area contributed by atoms with Gasteiger partial charge in [-0.15, -0.1) is 0 Å². The molecule has 0 radical (unpaired) electrons. The number of nitrogens with one attached hydrogen (secondary N) is 1. The maximum absolute atomic E-state index is 11.7. The monoisotopic (exact) mass is 282 g/mol. The second-order valence-electron chi connectivity index (χ2n) is 4.64. The number of aromatic nitrogens is 3. The van der Waals surface area contributed by atoms with Gasteiger partial charge in [-0.2, -0.15) is 4.98 Å². The van der Waals surface area contributed by atoms with E-state index >= 15 is 0 Å². The smallest absolute Gasteiger partial charge is 0.261 e. The van der Waals surface area contributed by atoms with Crippen LogP contribution in [-0.4, -0.2) is 54.8 Å². The molecule has 2 aromatic rings. The number of ether oxygens (including phenoxy) is 1. The van der Waals surface area contributed by atoms with E-state index in [0.717, 1.165) is 0 Å². The lowest BCUT2D eigenvalue weighted by Crippen LogP contribution is -2.33. The Kier molecular flexibility index (Phi) is 2.98. The highest BCUT2D eigenvalue weighted by Gasteiger charge is 2.43. The molecule has 9 heteroatoms. The number of hydrogen-bond donors (Lipinski definition) is 5. The summed E-state index contributed by atoms with van der Waals surface area (Å²) in [7, 11) is 0. The normalized spacial score (nSPS) is 30.1. The van der Waals surface area contributed by atoms with Gasteiger partial charge in [0, 0.05) is 6.20 Å². The number of nitrogens with zero attached hydrogens (tertiary/aromatic N) is 2. The SMILES string of the molecule is Nc1nc2c(ccn2C2O[C@H](CO)[C@@H](O)[C@@H]2O)c(=O)[nH]1. The van der Waals surface area contributed by atoms with Crippen molar-refractivity contribution in [2.24, 2.45) is 0 Å². The highest BCUT2D eigenvalue weighted by Crippen LogP contribution is 2.31. The number of aliphatic hydroxyl groups is 3. The summed E-state index contributed by atoms with van der Waals surface area (Å²) in [4.78, 5) is 18.1. The van der Waals surface area contributed by atoms with E-state index in [-0.39, 0.29) is 17.0 Å². The van der Waals surface area contributed by atoms with Crippen molar-refractivity contribution >= 4 is 17.0 Å². The first-order valence-electron chi connectivity index (χ1n) is 6.01. The third-order valence-corrected chi connectivity index (χ3v) is 3.39. The van der Waals surface area contributed by atoms with E-state index in [0.29, 0.717) is 0 Å². The van der Waals surface area contributed by atoms with Crippen molar-refractivity contribution in [3.63, 3.8) is 0 Å². The Balaban J connectivity index is 2.09. The van der Waals surface area contributed by atoms with Gasteiger partial charge in [0.15, 0.2) is 11.9 Å². The summed E-state index contributed by atoms with van der Waals surface area (Å²) in [5.74, 6) is -0.0609. The topological polar surface area (TPSA) is 147 Å². The number of aliphatic hydroxyl groups excluding tert-OH is 3. The molecule has 0 aliphatic carbocycles. The van der Waals surface area contributed by atoms with Gasteiger partial charge in [-0.25, -0.2) is 0 Å². The van der Waals surface area contributed by atoms with Crippen LogP contribution < -0.4 is 11.3 Å². The maximum Gasteiger partial charge on any atom is 0.261 e. The molecule has 1 aliphatic rings. The Morgan fingerprint density at radius 3 is 2.85 bits per heavy atom. The van der Waals surface area contributed by atoms with E-state index in [1.54, 1.807) is 0 Å². The third-order valence-electron chi connectivity index (χ3n) is 3.39. The van der Waals surface area contributed by atoms with Crippen LogP contribution in [0.4, 0.5) is 5.95 Å². The number of nitrogen functional groups attached to an aromatic ring is 1. The standard InChI is InChI=1S/C11H14N4O5/c12-11-13-8-4(9(19)14-11)1-2-15(8)10-7(18)6(17)5(3-16)20-10/h1-2,5-7,10,16-18H,3H2,(H3,12,13,14,19)/t5-,6-,7+,10?/m1/s1. The summed E-state index contributed by atoms with van der Waals surface area (Å²) in [6.07, 6.45) is -2.81. The first kappa shape index (κ1) is 13.1. The van der Waals surface area contributed by atoms with Gasteiger partial charge < -0.3 is 30.4 Å². The van der Waals surface area contributed by atoms with Gasteiger partial charge in [0.2, 0.25) is 5.95 Å². The van der Waals surface area contributed by atoms with Gasteiger partial charge in [-0.1, -0.05) is 0 Å². The Hall–Kier alpha value is -1.94. The first-order chi connectivity index (χ1) is 9.52. The summed E-state index contributed by atoms with van der Waals surface area (Å²) < 4.78 is 6.79. The predicted octanol–water partition coefficient (Wildman–Crippen LogP) is -2.08. The molecular weight excluding hydrogens is 268 g/mol. The van der Waals surface area contributed by atoms with Crippen molar-refractivity contribution in [2.75, 3.05) is 12.3 Å². The van der Waals surface area contributed by atoms with Gasteiger partial charge in [-0.05, 0) is 6.07 Å². The van der Waals surface area contributed by atoms with Gasteiger partial charge in [0.25, 0.3) is 5.56 Å². The van der Waals surface area contributed by atoms with E-state index in [1.807, 2.05) is 0 Å². The van der Waals surface area contributed by atoms with Crippen molar-refractivity contribution in [2.45, 2.75) is 24.5 Å². The van der Waals surface area contributed by atoms with Crippen LogP contribution in [0.1, 0.15) is 6.23 Å². The Morgan fingerprint density at radius 2 is 2.20 bits per heavy atom. The number of fused-ring (bicyclic) bond motifs is 1. The lowest BCUT2D eigenvalue weighted by atomic mass is 10.1. The number of aromatic amines is 1. The van der Waals surface area contributed by atoms with Gasteiger partial charge >= 0.3 is 0 Å².